The lowest BCUT2D eigenvalue weighted by atomic mass is 10.0. The molecule has 32 heavy (non-hydrogen) atoms. The lowest BCUT2D eigenvalue weighted by molar-refractivity contribution is -0.384. The van der Waals surface area contributed by atoms with Crippen LogP contribution in [0.25, 0.3) is 10.9 Å². The Kier molecular flexibility index (Phi) is 5.84. The van der Waals surface area contributed by atoms with Gasteiger partial charge >= 0.3 is 6.09 Å². The van der Waals surface area contributed by atoms with E-state index in [1.54, 1.807) is 18.3 Å². The van der Waals surface area contributed by atoms with Gasteiger partial charge in [0.05, 0.1) is 16.6 Å². The van der Waals surface area contributed by atoms with Gasteiger partial charge in [-0.2, -0.15) is 9.78 Å². The minimum Gasteiger partial charge on any atom is -0.442 e. The van der Waals surface area contributed by atoms with Gasteiger partial charge in [-0.15, -0.1) is 0 Å². The summed E-state index contributed by atoms with van der Waals surface area (Å²) < 4.78 is 6.72. The molecular weight excluding hydrogens is 410 g/mol. The summed E-state index contributed by atoms with van der Waals surface area (Å²) in [6.45, 7) is 7.23. The molecular formula is C23H27N5O4. The Bertz CT molecular complexity index is 1130. The molecule has 0 spiro atoms. The molecule has 0 aliphatic carbocycles. The number of anilines is 2. The molecule has 0 amide bonds. The van der Waals surface area contributed by atoms with Crippen molar-refractivity contribution in [3.05, 3.63) is 58.8 Å². The number of carbonyl (C=O) groups is 1. The Morgan fingerprint density at radius 1 is 1.22 bits per heavy atom. The summed E-state index contributed by atoms with van der Waals surface area (Å²) in [7, 11) is 0. The first-order valence-electron chi connectivity index (χ1n) is 10.7. The number of non-ortho nitro benzene ring substituents is 1. The van der Waals surface area contributed by atoms with Gasteiger partial charge in [-0.1, -0.05) is 0 Å². The zero-order valence-corrected chi connectivity index (χ0v) is 18.4. The number of piperidine rings is 1. The fraction of sp³-hybridized carbons (Fsp3) is 0.391. The maximum absolute atomic E-state index is 12.5. The number of nitro benzene ring substituents is 1. The molecule has 0 bridgehead atoms. The van der Waals surface area contributed by atoms with E-state index in [1.807, 2.05) is 39.0 Å². The summed E-state index contributed by atoms with van der Waals surface area (Å²) in [5.74, 6) is 0. The first-order valence-corrected chi connectivity index (χ1v) is 10.7. The van der Waals surface area contributed by atoms with Crippen molar-refractivity contribution < 1.29 is 14.5 Å². The number of rotatable bonds is 4. The molecule has 1 aliphatic heterocycles. The van der Waals surface area contributed by atoms with Crippen LogP contribution >= 0.6 is 0 Å². The Hall–Kier alpha value is -3.46. The van der Waals surface area contributed by atoms with Crippen LogP contribution in [0.3, 0.4) is 0 Å². The number of hydrogen-bond donors (Lipinski definition) is 1. The predicted octanol–water partition coefficient (Wildman–Crippen LogP) is 4.62. The fourth-order valence-electron chi connectivity index (χ4n) is 3.98. The van der Waals surface area contributed by atoms with Crippen molar-refractivity contribution in [1.29, 1.82) is 0 Å². The topological polar surface area (TPSA) is 103 Å². The third kappa shape index (κ3) is 4.57. The van der Waals surface area contributed by atoms with E-state index in [0.717, 1.165) is 42.7 Å². The first kappa shape index (κ1) is 21.8. The van der Waals surface area contributed by atoms with Crippen LogP contribution in [-0.4, -0.2) is 45.5 Å². The highest BCUT2D eigenvalue weighted by Gasteiger charge is 2.25. The van der Waals surface area contributed by atoms with E-state index in [9.17, 15) is 14.9 Å². The van der Waals surface area contributed by atoms with E-state index in [2.05, 4.69) is 15.3 Å². The number of ether oxygens (including phenoxy) is 1. The van der Waals surface area contributed by atoms with Crippen LogP contribution in [0.1, 0.15) is 33.6 Å². The smallest absolute Gasteiger partial charge is 0.435 e. The van der Waals surface area contributed by atoms with Crippen molar-refractivity contribution in [3.63, 3.8) is 0 Å². The van der Waals surface area contributed by atoms with Crippen LogP contribution in [0.2, 0.25) is 0 Å². The number of nitrogens with one attached hydrogen (secondary N) is 1. The third-order valence-corrected chi connectivity index (χ3v) is 5.37. The van der Waals surface area contributed by atoms with E-state index in [1.165, 1.54) is 16.8 Å². The maximum Gasteiger partial charge on any atom is 0.435 e. The van der Waals surface area contributed by atoms with Crippen LogP contribution in [-0.2, 0) is 4.74 Å². The lowest BCUT2D eigenvalue weighted by Crippen LogP contribution is -2.43. The molecule has 1 aliphatic rings. The van der Waals surface area contributed by atoms with Crippen LogP contribution in [0, 0.1) is 10.1 Å². The Morgan fingerprint density at radius 2 is 1.94 bits per heavy atom. The largest absolute Gasteiger partial charge is 0.442 e. The summed E-state index contributed by atoms with van der Waals surface area (Å²) in [6.07, 6.45) is 3.17. The predicted molar refractivity (Wildman–Crippen MR) is 122 cm³/mol. The van der Waals surface area contributed by atoms with Crippen LogP contribution in [0.5, 0.6) is 0 Å². The molecule has 4 rings (SSSR count). The number of nitrogens with zero attached hydrogens (tertiary/aromatic N) is 4. The van der Waals surface area contributed by atoms with Gasteiger partial charge in [-0.05, 0) is 70.5 Å². The van der Waals surface area contributed by atoms with E-state index >= 15 is 0 Å². The molecule has 2 aromatic carbocycles. The Balaban J connectivity index is 1.71. The van der Waals surface area contributed by atoms with Gasteiger partial charge in [0, 0.05) is 41.5 Å². The molecule has 0 saturated carbocycles. The van der Waals surface area contributed by atoms with Crippen molar-refractivity contribution in [1.82, 2.24) is 15.1 Å². The van der Waals surface area contributed by atoms with Crippen molar-refractivity contribution in [2.24, 2.45) is 0 Å². The minimum absolute atomic E-state index is 0.0598. The molecule has 168 valence electrons. The second-order valence-corrected chi connectivity index (χ2v) is 8.92. The molecule has 2 heterocycles. The van der Waals surface area contributed by atoms with E-state index in [4.69, 9.17) is 4.74 Å². The molecule has 1 N–H and O–H groups in total. The molecule has 9 nitrogen and oxygen atoms in total. The highest BCUT2D eigenvalue weighted by molar-refractivity contribution is 5.90. The average molecular weight is 438 g/mol. The number of aromatic nitrogens is 2. The quantitative estimate of drug-likeness (QED) is 0.469. The highest BCUT2D eigenvalue weighted by atomic mass is 16.6. The maximum atomic E-state index is 12.5. The molecule has 1 unspecified atom stereocenters. The SMILES string of the molecule is CC(C)(C)OC(=O)n1ncc2cc(N(c3ccc([N+](=O)[O-])cc3)C3CCCNC3)ccc21. The molecule has 1 atom stereocenters. The van der Waals surface area contributed by atoms with Gasteiger partial charge in [-0.25, -0.2) is 4.79 Å². The standard InChI is InChI=1S/C23H27N5O4/c1-23(2,3)32-22(29)27-21-11-10-19(13-16(21)14-25-27)26(20-5-4-12-24-15-20)17-6-8-18(9-7-17)28(30)31/h6-11,13-14,20,24H,4-5,12,15H2,1-3H3. The Labute approximate surface area is 186 Å². The molecule has 1 saturated heterocycles. The normalized spacial score (nSPS) is 16.7. The second-order valence-electron chi connectivity index (χ2n) is 8.92. The molecule has 1 fully saturated rings. The zero-order valence-electron chi connectivity index (χ0n) is 18.4. The van der Waals surface area contributed by atoms with Crippen LogP contribution in [0.15, 0.2) is 48.7 Å². The number of fused-ring (bicyclic) bond motifs is 1. The van der Waals surface area contributed by atoms with Gasteiger partial charge in [0.1, 0.15) is 5.60 Å². The second kappa shape index (κ2) is 8.58. The summed E-state index contributed by atoms with van der Waals surface area (Å²) in [5, 5.41) is 19.6. The number of hydrogen-bond acceptors (Lipinski definition) is 7. The third-order valence-electron chi connectivity index (χ3n) is 5.37. The minimum atomic E-state index is -0.615. The summed E-state index contributed by atoms with van der Waals surface area (Å²) in [5.41, 5.74) is 1.92. The highest BCUT2D eigenvalue weighted by Crippen LogP contribution is 2.33. The lowest BCUT2D eigenvalue weighted by Gasteiger charge is -2.36. The monoisotopic (exact) mass is 437 g/mol. The number of nitro groups is 1. The molecule has 1 aromatic heterocycles. The van der Waals surface area contributed by atoms with Gasteiger partial charge in [0.25, 0.3) is 5.69 Å². The van der Waals surface area contributed by atoms with Crippen LogP contribution < -0.4 is 10.2 Å². The summed E-state index contributed by atoms with van der Waals surface area (Å²) in [6, 6.07) is 12.6. The van der Waals surface area contributed by atoms with Gasteiger partial charge in [0.2, 0.25) is 0 Å². The van der Waals surface area contributed by atoms with Crippen molar-refractivity contribution in [3.8, 4) is 0 Å². The van der Waals surface area contributed by atoms with E-state index in [0.29, 0.717) is 5.52 Å². The number of carbonyl (C=O) groups excluding carboxylic acids is 1. The zero-order chi connectivity index (χ0) is 22.9. The summed E-state index contributed by atoms with van der Waals surface area (Å²) in [4.78, 5) is 25.4. The molecule has 9 heteroatoms. The van der Waals surface area contributed by atoms with Crippen LogP contribution in [0.4, 0.5) is 21.9 Å². The average Bonchev–Trinajstić information content (AvgIpc) is 3.17. The molecule has 3 aromatic rings. The van der Waals surface area contributed by atoms with Gasteiger partial charge in [0.15, 0.2) is 0 Å². The van der Waals surface area contributed by atoms with Gasteiger partial charge < -0.3 is 15.0 Å². The van der Waals surface area contributed by atoms with E-state index < -0.39 is 16.6 Å². The van der Waals surface area contributed by atoms with E-state index in [-0.39, 0.29) is 11.7 Å². The van der Waals surface area contributed by atoms with Crippen molar-refractivity contribution in [2.75, 3.05) is 18.0 Å². The summed E-state index contributed by atoms with van der Waals surface area (Å²) >= 11 is 0. The number of benzene rings is 2. The Morgan fingerprint density at radius 3 is 2.56 bits per heavy atom. The van der Waals surface area contributed by atoms with Crippen molar-refractivity contribution >= 4 is 34.1 Å². The van der Waals surface area contributed by atoms with Crippen molar-refractivity contribution in [2.45, 2.75) is 45.3 Å². The fourth-order valence-corrected chi connectivity index (χ4v) is 3.98. The first-order chi connectivity index (χ1) is 15.2. The molecule has 0 radical (unpaired) electrons. The van der Waals surface area contributed by atoms with Gasteiger partial charge in [-0.3, -0.25) is 10.1 Å².